The maximum Gasteiger partial charge on any atom is 0.0897 e. The first-order valence-corrected chi connectivity index (χ1v) is 6.87. The molecule has 0 radical (unpaired) electrons. The van der Waals surface area contributed by atoms with Crippen LogP contribution in [0.1, 0.15) is 36.7 Å². The zero-order valence-electron chi connectivity index (χ0n) is 10.8. The lowest BCUT2D eigenvalue weighted by atomic mass is 10.3. The maximum absolute atomic E-state index is 4.28. The van der Waals surface area contributed by atoms with Crippen LogP contribution in [-0.2, 0) is 0 Å². The third-order valence-corrected chi connectivity index (χ3v) is 3.93. The molecule has 0 aliphatic rings. The van der Waals surface area contributed by atoms with E-state index in [-0.39, 0.29) is 0 Å². The highest BCUT2D eigenvalue weighted by molar-refractivity contribution is 7.11. The van der Waals surface area contributed by atoms with Crippen molar-refractivity contribution in [1.29, 1.82) is 0 Å². The summed E-state index contributed by atoms with van der Waals surface area (Å²) in [5, 5.41) is 4.69. The molecule has 1 aromatic heterocycles. The Kier molecular flexibility index (Phi) is 5.95. The molecule has 16 heavy (non-hydrogen) atoms. The van der Waals surface area contributed by atoms with E-state index < -0.39 is 0 Å². The van der Waals surface area contributed by atoms with Crippen molar-refractivity contribution in [1.82, 2.24) is 15.2 Å². The Morgan fingerprint density at radius 2 is 2.12 bits per heavy atom. The van der Waals surface area contributed by atoms with Gasteiger partial charge in [-0.25, -0.2) is 4.98 Å². The minimum Gasteiger partial charge on any atom is -0.308 e. The molecule has 1 rings (SSSR count). The Hall–Kier alpha value is -0.450. The Labute approximate surface area is 103 Å². The molecule has 3 nitrogen and oxygen atoms in total. The average molecular weight is 241 g/mol. The normalized spacial score (nSPS) is 13.3. The lowest BCUT2D eigenvalue weighted by Crippen LogP contribution is -2.32. The zero-order valence-corrected chi connectivity index (χ0v) is 11.6. The van der Waals surface area contributed by atoms with E-state index in [1.54, 1.807) is 11.3 Å². The van der Waals surface area contributed by atoms with E-state index in [0.29, 0.717) is 6.04 Å². The highest BCUT2D eigenvalue weighted by Crippen LogP contribution is 2.19. The summed E-state index contributed by atoms with van der Waals surface area (Å²) in [5.41, 5.74) is 0. The van der Waals surface area contributed by atoms with Gasteiger partial charge < -0.3 is 10.2 Å². The monoisotopic (exact) mass is 241 g/mol. The number of aryl methyl sites for hydroxylation is 1. The zero-order chi connectivity index (χ0) is 12.0. The predicted octanol–water partition coefficient (Wildman–Crippen LogP) is 2.44. The largest absolute Gasteiger partial charge is 0.308 e. The number of aromatic nitrogens is 1. The topological polar surface area (TPSA) is 28.2 Å². The molecule has 0 fully saturated rings. The lowest BCUT2D eigenvalue weighted by Gasteiger charge is -2.19. The van der Waals surface area contributed by atoms with Crippen LogP contribution in [0.2, 0.25) is 0 Å². The van der Waals surface area contributed by atoms with Gasteiger partial charge >= 0.3 is 0 Å². The van der Waals surface area contributed by atoms with Gasteiger partial charge in [0.1, 0.15) is 0 Å². The molecule has 0 amide bonds. The summed E-state index contributed by atoms with van der Waals surface area (Å²) in [7, 11) is 0. The molecule has 1 atom stereocenters. The molecule has 4 heteroatoms. The van der Waals surface area contributed by atoms with Crippen LogP contribution in [0.25, 0.3) is 0 Å². The molecular formula is C12H23N3S. The Morgan fingerprint density at radius 3 is 2.62 bits per heavy atom. The highest BCUT2D eigenvalue weighted by Gasteiger charge is 2.08. The number of nitrogens with zero attached hydrogens (tertiary/aromatic N) is 2. The van der Waals surface area contributed by atoms with Gasteiger partial charge in [0.2, 0.25) is 0 Å². The highest BCUT2D eigenvalue weighted by atomic mass is 32.1. The van der Waals surface area contributed by atoms with E-state index in [2.05, 4.69) is 42.9 Å². The van der Waals surface area contributed by atoms with Gasteiger partial charge in [-0.3, -0.25) is 0 Å². The van der Waals surface area contributed by atoms with Crippen LogP contribution in [0.15, 0.2) is 6.20 Å². The molecule has 0 aliphatic carbocycles. The first-order valence-electron chi connectivity index (χ1n) is 6.05. The molecule has 0 saturated heterocycles. The molecule has 0 saturated carbocycles. The van der Waals surface area contributed by atoms with Crippen molar-refractivity contribution < 1.29 is 0 Å². The number of nitrogens with one attached hydrogen (secondary N) is 1. The molecule has 1 unspecified atom stereocenters. The molecule has 1 aromatic rings. The van der Waals surface area contributed by atoms with Gasteiger partial charge in [-0.1, -0.05) is 13.8 Å². The van der Waals surface area contributed by atoms with Crippen LogP contribution in [0, 0.1) is 6.92 Å². The number of likely N-dealkylation sites (N-methyl/N-ethyl adjacent to an activating group) is 1. The molecule has 0 bridgehead atoms. The van der Waals surface area contributed by atoms with Crippen molar-refractivity contribution in [3.05, 3.63) is 16.1 Å². The van der Waals surface area contributed by atoms with E-state index in [0.717, 1.165) is 31.2 Å². The Balaban J connectivity index is 2.27. The minimum atomic E-state index is 0.418. The average Bonchev–Trinajstić information content (AvgIpc) is 2.71. The number of hydrogen-bond donors (Lipinski definition) is 1. The van der Waals surface area contributed by atoms with Crippen molar-refractivity contribution in [2.45, 2.75) is 33.7 Å². The fourth-order valence-electron chi connectivity index (χ4n) is 1.66. The van der Waals surface area contributed by atoms with E-state index in [1.165, 1.54) is 4.88 Å². The first kappa shape index (κ1) is 13.6. The molecule has 1 N–H and O–H groups in total. The van der Waals surface area contributed by atoms with Gasteiger partial charge in [0.25, 0.3) is 0 Å². The molecule has 1 heterocycles. The number of rotatable bonds is 7. The summed E-state index contributed by atoms with van der Waals surface area (Å²) in [6, 6.07) is 0.418. The van der Waals surface area contributed by atoms with Crippen LogP contribution in [0.5, 0.6) is 0 Å². The quantitative estimate of drug-likeness (QED) is 0.795. The van der Waals surface area contributed by atoms with Gasteiger partial charge in [-0.2, -0.15) is 0 Å². The van der Waals surface area contributed by atoms with Gasteiger partial charge in [0, 0.05) is 30.2 Å². The maximum atomic E-state index is 4.28. The summed E-state index contributed by atoms with van der Waals surface area (Å²) in [5.74, 6) is 0. The van der Waals surface area contributed by atoms with Crippen LogP contribution in [-0.4, -0.2) is 36.1 Å². The third-order valence-electron chi connectivity index (χ3n) is 2.84. The van der Waals surface area contributed by atoms with Crippen molar-refractivity contribution >= 4 is 11.3 Å². The lowest BCUT2D eigenvalue weighted by molar-refractivity contribution is 0.298. The molecule has 0 aromatic carbocycles. The first-order chi connectivity index (χ1) is 7.67. The number of hydrogen-bond acceptors (Lipinski definition) is 4. The van der Waals surface area contributed by atoms with Crippen molar-refractivity contribution in [2.75, 3.05) is 26.2 Å². The van der Waals surface area contributed by atoms with Crippen molar-refractivity contribution in [3.8, 4) is 0 Å². The summed E-state index contributed by atoms with van der Waals surface area (Å²) >= 11 is 1.78. The van der Waals surface area contributed by atoms with Crippen LogP contribution < -0.4 is 5.32 Å². The van der Waals surface area contributed by atoms with Crippen LogP contribution in [0.4, 0.5) is 0 Å². The minimum absolute atomic E-state index is 0.418. The Bertz CT molecular complexity index is 294. The summed E-state index contributed by atoms with van der Waals surface area (Å²) in [4.78, 5) is 8.04. The van der Waals surface area contributed by atoms with Crippen LogP contribution >= 0.6 is 11.3 Å². The third kappa shape index (κ3) is 4.20. The van der Waals surface area contributed by atoms with E-state index in [4.69, 9.17) is 0 Å². The van der Waals surface area contributed by atoms with Crippen molar-refractivity contribution in [2.24, 2.45) is 0 Å². The number of thiazole rings is 1. The van der Waals surface area contributed by atoms with Crippen LogP contribution in [0.3, 0.4) is 0 Å². The van der Waals surface area contributed by atoms with Gasteiger partial charge in [0.05, 0.1) is 5.01 Å². The van der Waals surface area contributed by atoms with E-state index in [9.17, 15) is 0 Å². The smallest absolute Gasteiger partial charge is 0.0897 e. The standard InChI is InChI=1S/C12H23N3S/c1-5-15(6-2)8-7-13-10(3)12-9-14-11(4)16-12/h9-10,13H,5-8H2,1-4H3. The second-order valence-electron chi connectivity index (χ2n) is 3.98. The SMILES string of the molecule is CCN(CC)CCNC(C)c1cnc(C)s1. The van der Waals surface area contributed by atoms with E-state index in [1.807, 2.05) is 6.20 Å². The van der Waals surface area contributed by atoms with Gasteiger partial charge in [-0.05, 0) is 26.9 Å². The fraction of sp³-hybridized carbons (Fsp3) is 0.750. The summed E-state index contributed by atoms with van der Waals surface area (Å²) in [6.07, 6.45) is 1.98. The van der Waals surface area contributed by atoms with Gasteiger partial charge in [0.15, 0.2) is 0 Å². The molecule has 92 valence electrons. The second-order valence-corrected chi connectivity index (χ2v) is 5.25. The van der Waals surface area contributed by atoms with Crippen molar-refractivity contribution in [3.63, 3.8) is 0 Å². The summed E-state index contributed by atoms with van der Waals surface area (Å²) in [6.45, 7) is 13.1. The van der Waals surface area contributed by atoms with E-state index >= 15 is 0 Å². The second kappa shape index (κ2) is 6.99. The molecule has 0 spiro atoms. The molecule has 0 aliphatic heterocycles. The summed E-state index contributed by atoms with van der Waals surface area (Å²) < 4.78 is 0. The Morgan fingerprint density at radius 1 is 1.44 bits per heavy atom. The molecular weight excluding hydrogens is 218 g/mol. The predicted molar refractivity (Wildman–Crippen MR) is 71.1 cm³/mol. The van der Waals surface area contributed by atoms with Gasteiger partial charge in [-0.15, -0.1) is 11.3 Å². The fourth-order valence-corrected chi connectivity index (χ4v) is 2.47.